The smallest absolute Gasteiger partial charge is 0.286 e. The van der Waals surface area contributed by atoms with E-state index in [0.29, 0.717) is 10.6 Å². The fourth-order valence-corrected chi connectivity index (χ4v) is 1.07. The normalized spacial score (nSPS) is 9.00. The quantitative estimate of drug-likeness (QED) is 0.435. The first kappa shape index (κ1) is 10.5. The molecule has 0 spiro atoms. The highest BCUT2D eigenvalue weighted by Crippen LogP contribution is 2.22. The highest BCUT2D eigenvalue weighted by molar-refractivity contribution is 6.30. The number of halogens is 1. The summed E-state index contributed by atoms with van der Waals surface area (Å²) < 4.78 is 0. The average molecular weight is 211 g/mol. The van der Waals surface area contributed by atoms with Crippen molar-refractivity contribution in [3.63, 3.8) is 0 Å². The van der Waals surface area contributed by atoms with E-state index in [2.05, 4.69) is 11.8 Å². The molecule has 1 aromatic carbocycles. The van der Waals surface area contributed by atoms with E-state index in [0.717, 1.165) is 0 Å². The summed E-state index contributed by atoms with van der Waals surface area (Å²) in [6, 6.07) is 4.32. The number of hydrogen-bond donors (Lipinski definition) is 1. The van der Waals surface area contributed by atoms with Crippen LogP contribution < -0.4 is 5.73 Å². The van der Waals surface area contributed by atoms with E-state index < -0.39 is 4.92 Å². The van der Waals surface area contributed by atoms with Gasteiger partial charge in [0.1, 0.15) is 5.56 Å². The van der Waals surface area contributed by atoms with Crippen LogP contribution in [0.5, 0.6) is 0 Å². The van der Waals surface area contributed by atoms with Crippen LogP contribution in [0.1, 0.15) is 5.56 Å². The van der Waals surface area contributed by atoms with Gasteiger partial charge in [0.15, 0.2) is 0 Å². The SMILES string of the molecule is NCC#Cc1ccc(Cl)cc1[N+](=O)[O-]. The molecule has 0 amide bonds. The van der Waals surface area contributed by atoms with Crippen LogP contribution in [0.15, 0.2) is 18.2 Å². The van der Waals surface area contributed by atoms with Crippen LogP contribution in [0.3, 0.4) is 0 Å². The van der Waals surface area contributed by atoms with E-state index in [1.807, 2.05) is 0 Å². The largest absolute Gasteiger partial charge is 0.320 e. The molecule has 0 saturated heterocycles. The molecule has 0 aliphatic rings. The Bertz CT molecular complexity index is 421. The summed E-state index contributed by atoms with van der Waals surface area (Å²) in [6.45, 7) is 0.166. The van der Waals surface area contributed by atoms with Crippen molar-refractivity contribution in [1.82, 2.24) is 0 Å². The lowest BCUT2D eigenvalue weighted by Gasteiger charge is -1.95. The molecule has 0 fully saturated rings. The third-order valence-electron chi connectivity index (χ3n) is 1.48. The number of nitro groups is 1. The Labute approximate surface area is 85.8 Å². The zero-order valence-corrected chi connectivity index (χ0v) is 7.91. The van der Waals surface area contributed by atoms with Crippen LogP contribution in [-0.2, 0) is 0 Å². The van der Waals surface area contributed by atoms with Crippen molar-refractivity contribution in [2.45, 2.75) is 0 Å². The van der Waals surface area contributed by atoms with Gasteiger partial charge in [0.2, 0.25) is 0 Å². The second kappa shape index (κ2) is 4.61. The molecule has 0 saturated carbocycles. The lowest BCUT2D eigenvalue weighted by atomic mass is 10.2. The Morgan fingerprint density at radius 3 is 2.86 bits per heavy atom. The molecule has 0 aliphatic heterocycles. The third kappa shape index (κ3) is 2.46. The Hall–Kier alpha value is -1.57. The third-order valence-corrected chi connectivity index (χ3v) is 1.72. The van der Waals surface area contributed by atoms with Crippen molar-refractivity contribution in [3.05, 3.63) is 38.9 Å². The first-order valence-corrected chi connectivity index (χ1v) is 4.16. The predicted molar refractivity (Wildman–Crippen MR) is 54.0 cm³/mol. The summed E-state index contributed by atoms with van der Waals surface area (Å²) in [5.74, 6) is 5.16. The van der Waals surface area contributed by atoms with E-state index in [9.17, 15) is 10.1 Å². The van der Waals surface area contributed by atoms with Crippen LogP contribution in [0.25, 0.3) is 0 Å². The zero-order valence-electron chi connectivity index (χ0n) is 7.16. The Morgan fingerprint density at radius 2 is 2.29 bits per heavy atom. The molecule has 1 rings (SSSR count). The molecule has 4 nitrogen and oxygen atoms in total. The molecule has 14 heavy (non-hydrogen) atoms. The Morgan fingerprint density at radius 1 is 1.57 bits per heavy atom. The van der Waals surface area contributed by atoms with Crippen LogP contribution in [0, 0.1) is 22.0 Å². The van der Waals surface area contributed by atoms with Gasteiger partial charge in [-0.05, 0) is 12.1 Å². The summed E-state index contributed by atoms with van der Waals surface area (Å²) in [5.41, 5.74) is 5.39. The molecule has 0 unspecified atom stereocenters. The molecule has 0 radical (unpaired) electrons. The first-order chi connectivity index (χ1) is 6.65. The predicted octanol–water partition coefficient (Wildman–Crippen LogP) is 1.56. The molecular formula is C9H7ClN2O2. The van der Waals surface area contributed by atoms with Crippen molar-refractivity contribution in [3.8, 4) is 11.8 Å². The van der Waals surface area contributed by atoms with Gasteiger partial charge in [-0.25, -0.2) is 0 Å². The zero-order chi connectivity index (χ0) is 10.6. The summed E-state index contributed by atoms with van der Waals surface area (Å²) in [5, 5.41) is 10.9. The minimum atomic E-state index is -0.521. The van der Waals surface area contributed by atoms with Crippen molar-refractivity contribution >= 4 is 17.3 Å². The molecule has 0 bridgehead atoms. The molecule has 0 aromatic heterocycles. The number of rotatable bonds is 1. The first-order valence-electron chi connectivity index (χ1n) is 3.78. The highest BCUT2D eigenvalue weighted by atomic mass is 35.5. The van der Waals surface area contributed by atoms with Gasteiger partial charge in [-0.15, -0.1) is 0 Å². The molecule has 0 atom stereocenters. The van der Waals surface area contributed by atoms with Crippen LogP contribution in [0.2, 0.25) is 5.02 Å². The lowest BCUT2D eigenvalue weighted by Crippen LogP contribution is -1.95. The van der Waals surface area contributed by atoms with E-state index in [4.69, 9.17) is 17.3 Å². The van der Waals surface area contributed by atoms with Crippen LogP contribution in [-0.4, -0.2) is 11.5 Å². The van der Waals surface area contributed by atoms with E-state index >= 15 is 0 Å². The minimum Gasteiger partial charge on any atom is -0.320 e. The fraction of sp³-hybridized carbons (Fsp3) is 0.111. The monoisotopic (exact) mass is 210 g/mol. The molecule has 72 valence electrons. The van der Waals surface area contributed by atoms with Crippen LogP contribution >= 0.6 is 11.6 Å². The topological polar surface area (TPSA) is 69.2 Å². The standard InChI is InChI=1S/C9H7ClN2O2/c10-8-4-3-7(2-1-5-11)9(6-8)12(13)14/h3-4,6H,5,11H2. The second-order valence-corrected chi connectivity index (χ2v) is 2.86. The van der Waals surface area contributed by atoms with E-state index in [-0.39, 0.29) is 12.2 Å². The number of hydrogen-bond acceptors (Lipinski definition) is 3. The van der Waals surface area contributed by atoms with E-state index in [1.54, 1.807) is 6.07 Å². The summed E-state index contributed by atoms with van der Waals surface area (Å²) in [4.78, 5) is 10.1. The maximum absolute atomic E-state index is 10.6. The molecule has 5 heteroatoms. The maximum atomic E-state index is 10.6. The van der Waals surface area contributed by atoms with E-state index in [1.165, 1.54) is 12.1 Å². The molecule has 0 heterocycles. The van der Waals surface area contributed by atoms with Crippen molar-refractivity contribution in [2.24, 2.45) is 5.73 Å². The van der Waals surface area contributed by atoms with Crippen LogP contribution in [0.4, 0.5) is 5.69 Å². The molecule has 0 aliphatic carbocycles. The van der Waals surface area contributed by atoms with Gasteiger partial charge in [0.25, 0.3) is 5.69 Å². The van der Waals surface area contributed by atoms with Gasteiger partial charge >= 0.3 is 0 Å². The number of benzene rings is 1. The fourth-order valence-electron chi connectivity index (χ4n) is 0.908. The van der Waals surface area contributed by atoms with Gasteiger partial charge in [-0.1, -0.05) is 23.4 Å². The van der Waals surface area contributed by atoms with Crippen molar-refractivity contribution in [1.29, 1.82) is 0 Å². The van der Waals surface area contributed by atoms with Crippen molar-refractivity contribution in [2.75, 3.05) is 6.54 Å². The molecule has 1 aromatic rings. The van der Waals surface area contributed by atoms with Gasteiger partial charge < -0.3 is 5.73 Å². The number of nitro benzene ring substituents is 1. The summed E-state index contributed by atoms with van der Waals surface area (Å²) in [7, 11) is 0. The lowest BCUT2D eigenvalue weighted by molar-refractivity contribution is -0.385. The molecule has 2 N–H and O–H groups in total. The van der Waals surface area contributed by atoms with Crippen molar-refractivity contribution < 1.29 is 4.92 Å². The molecular weight excluding hydrogens is 204 g/mol. The van der Waals surface area contributed by atoms with Gasteiger partial charge in [0, 0.05) is 11.1 Å². The highest BCUT2D eigenvalue weighted by Gasteiger charge is 2.11. The maximum Gasteiger partial charge on any atom is 0.286 e. The number of nitrogens with zero attached hydrogens (tertiary/aromatic N) is 1. The minimum absolute atomic E-state index is 0.0987. The van der Waals surface area contributed by atoms with Gasteiger partial charge in [-0.3, -0.25) is 10.1 Å². The van der Waals surface area contributed by atoms with Gasteiger partial charge in [0.05, 0.1) is 11.5 Å². The second-order valence-electron chi connectivity index (χ2n) is 2.42. The summed E-state index contributed by atoms with van der Waals surface area (Å²) >= 11 is 5.62. The summed E-state index contributed by atoms with van der Waals surface area (Å²) in [6.07, 6.45) is 0. The average Bonchev–Trinajstić information content (AvgIpc) is 2.15. The number of nitrogens with two attached hydrogens (primary N) is 1. The Balaban J connectivity index is 3.22. The van der Waals surface area contributed by atoms with Gasteiger partial charge in [-0.2, -0.15) is 0 Å². The Kier molecular flexibility index (Phi) is 3.46.